The van der Waals surface area contributed by atoms with Crippen molar-refractivity contribution in [3.8, 4) is 0 Å². The number of carbonyl (C=O) groups excluding carboxylic acids is 1. The molecule has 1 saturated heterocycles. The standard InChI is InChI=1S/C24H25N5O/c30-23(29-17-13-18-6-2-3-7-22(18)29)21-12-14-25-24(27-21)26-19-8-10-20(11-9-19)28-15-4-1-5-16-28/h2-3,6-12,14H,1,4-5,13,15-17H2,(H,25,26,27). The van der Waals surface area contributed by atoms with Crippen LogP contribution in [0.2, 0.25) is 0 Å². The van der Waals surface area contributed by atoms with E-state index in [0.717, 1.165) is 30.9 Å². The first-order valence-corrected chi connectivity index (χ1v) is 10.6. The van der Waals surface area contributed by atoms with Crippen molar-refractivity contribution < 1.29 is 4.79 Å². The van der Waals surface area contributed by atoms with Crippen LogP contribution in [0, 0.1) is 0 Å². The molecule has 0 atom stereocenters. The molecule has 2 aliphatic rings. The summed E-state index contributed by atoms with van der Waals surface area (Å²) in [4.78, 5) is 26.0. The number of nitrogens with one attached hydrogen (secondary N) is 1. The van der Waals surface area contributed by atoms with E-state index in [2.05, 4.69) is 38.4 Å². The number of piperidine rings is 1. The molecular weight excluding hydrogens is 374 g/mol. The average Bonchev–Trinajstić information content (AvgIpc) is 3.24. The summed E-state index contributed by atoms with van der Waals surface area (Å²) in [6.45, 7) is 2.93. The third kappa shape index (κ3) is 3.73. The molecule has 6 heteroatoms. The fraction of sp³-hybridized carbons (Fsp3) is 0.292. The first-order chi connectivity index (χ1) is 14.8. The van der Waals surface area contributed by atoms with E-state index >= 15 is 0 Å². The van der Waals surface area contributed by atoms with Crippen molar-refractivity contribution in [3.05, 3.63) is 72.1 Å². The first-order valence-electron chi connectivity index (χ1n) is 10.6. The van der Waals surface area contributed by atoms with Crippen LogP contribution in [0.15, 0.2) is 60.8 Å². The smallest absolute Gasteiger partial charge is 0.277 e. The van der Waals surface area contributed by atoms with Crippen molar-refractivity contribution in [2.45, 2.75) is 25.7 Å². The van der Waals surface area contributed by atoms with Gasteiger partial charge in [-0.25, -0.2) is 9.97 Å². The molecule has 3 heterocycles. The number of para-hydroxylation sites is 1. The van der Waals surface area contributed by atoms with Gasteiger partial charge in [-0.2, -0.15) is 0 Å². The summed E-state index contributed by atoms with van der Waals surface area (Å²) in [5, 5.41) is 3.23. The Kier molecular flexibility index (Phi) is 5.05. The van der Waals surface area contributed by atoms with Gasteiger partial charge in [-0.05, 0) is 67.6 Å². The Labute approximate surface area is 176 Å². The lowest BCUT2D eigenvalue weighted by molar-refractivity contribution is 0.0984. The SMILES string of the molecule is O=C(c1ccnc(Nc2ccc(N3CCCCC3)cc2)n1)N1CCc2ccccc21. The van der Waals surface area contributed by atoms with Crippen LogP contribution in [0.5, 0.6) is 0 Å². The summed E-state index contributed by atoms with van der Waals surface area (Å²) in [6.07, 6.45) is 6.35. The summed E-state index contributed by atoms with van der Waals surface area (Å²) in [6, 6.07) is 18.0. The Hall–Kier alpha value is -3.41. The fourth-order valence-corrected chi connectivity index (χ4v) is 4.26. The Morgan fingerprint density at radius 3 is 2.53 bits per heavy atom. The highest BCUT2D eigenvalue weighted by Crippen LogP contribution is 2.29. The number of aromatic nitrogens is 2. The van der Waals surface area contributed by atoms with Crippen LogP contribution in [0.1, 0.15) is 35.3 Å². The zero-order valence-electron chi connectivity index (χ0n) is 16.9. The maximum Gasteiger partial charge on any atom is 0.277 e. The van der Waals surface area contributed by atoms with E-state index in [9.17, 15) is 4.79 Å². The van der Waals surface area contributed by atoms with Gasteiger partial charge in [-0.3, -0.25) is 4.79 Å². The van der Waals surface area contributed by atoms with Crippen molar-refractivity contribution in [3.63, 3.8) is 0 Å². The second kappa shape index (κ2) is 8.14. The number of hydrogen-bond acceptors (Lipinski definition) is 5. The van der Waals surface area contributed by atoms with Gasteiger partial charge in [-0.15, -0.1) is 0 Å². The van der Waals surface area contributed by atoms with E-state index < -0.39 is 0 Å². The lowest BCUT2D eigenvalue weighted by atomic mass is 10.1. The molecule has 1 amide bonds. The van der Waals surface area contributed by atoms with E-state index in [-0.39, 0.29) is 5.91 Å². The molecule has 0 aliphatic carbocycles. The minimum absolute atomic E-state index is 0.0918. The second-order valence-electron chi connectivity index (χ2n) is 7.82. The van der Waals surface area contributed by atoms with Crippen LogP contribution in [0.3, 0.4) is 0 Å². The van der Waals surface area contributed by atoms with E-state index in [1.165, 1.54) is 30.5 Å². The number of anilines is 4. The summed E-state index contributed by atoms with van der Waals surface area (Å²) in [5.41, 5.74) is 4.73. The molecule has 0 bridgehead atoms. The Morgan fingerprint density at radius 2 is 1.70 bits per heavy atom. The van der Waals surface area contributed by atoms with Crippen molar-refractivity contribution in [2.24, 2.45) is 0 Å². The number of amides is 1. The molecule has 152 valence electrons. The summed E-state index contributed by atoms with van der Waals surface area (Å²) >= 11 is 0. The number of nitrogens with zero attached hydrogens (tertiary/aromatic N) is 4. The predicted molar refractivity (Wildman–Crippen MR) is 120 cm³/mol. The highest BCUT2D eigenvalue weighted by atomic mass is 16.2. The third-order valence-corrected chi connectivity index (χ3v) is 5.85. The van der Waals surface area contributed by atoms with Gasteiger partial charge in [0.05, 0.1) is 0 Å². The van der Waals surface area contributed by atoms with Gasteiger partial charge < -0.3 is 15.1 Å². The van der Waals surface area contributed by atoms with Gasteiger partial charge in [0, 0.05) is 42.9 Å². The van der Waals surface area contributed by atoms with Crippen molar-refractivity contribution >= 4 is 28.9 Å². The largest absolute Gasteiger partial charge is 0.372 e. The Bertz CT molecular complexity index is 1040. The molecule has 1 N–H and O–H groups in total. The molecule has 1 aromatic heterocycles. The number of carbonyl (C=O) groups is 1. The fourth-order valence-electron chi connectivity index (χ4n) is 4.26. The minimum atomic E-state index is -0.0918. The van der Waals surface area contributed by atoms with Crippen LogP contribution >= 0.6 is 0 Å². The highest BCUT2D eigenvalue weighted by Gasteiger charge is 2.26. The Balaban J connectivity index is 1.30. The molecule has 0 unspecified atom stereocenters. The summed E-state index contributed by atoms with van der Waals surface area (Å²) < 4.78 is 0. The van der Waals surface area contributed by atoms with Crippen LogP contribution in [-0.2, 0) is 6.42 Å². The normalized spacial score (nSPS) is 15.7. The Morgan fingerprint density at radius 1 is 0.900 bits per heavy atom. The number of hydrogen-bond donors (Lipinski definition) is 1. The first kappa shape index (κ1) is 18.6. The number of rotatable bonds is 4. The highest BCUT2D eigenvalue weighted by molar-refractivity contribution is 6.06. The zero-order chi connectivity index (χ0) is 20.3. The molecule has 0 saturated carbocycles. The average molecular weight is 399 g/mol. The van der Waals surface area contributed by atoms with Crippen LogP contribution in [0.25, 0.3) is 0 Å². The van der Waals surface area contributed by atoms with Crippen LogP contribution in [-0.4, -0.2) is 35.5 Å². The maximum absolute atomic E-state index is 13.0. The third-order valence-electron chi connectivity index (χ3n) is 5.85. The second-order valence-corrected chi connectivity index (χ2v) is 7.82. The lowest BCUT2D eigenvalue weighted by Gasteiger charge is -2.28. The molecule has 2 aromatic carbocycles. The molecule has 1 fully saturated rings. The zero-order valence-corrected chi connectivity index (χ0v) is 16.9. The predicted octanol–water partition coefficient (Wildman–Crippen LogP) is 4.41. The van der Waals surface area contributed by atoms with Gasteiger partial charge in [0.15, 0.2) is 0 Å². The molecule has 30 heavy (non-hydrogen) atoms. The quantitative estimate of drug-likeness (QED) is 0.704. The van der Waals surface area contributed by atoms with Gasteiger partial charge in [0.2, 0.25) is 5.95 Å². The summed E-state index contributed by atoms with van der Waals surface area (Å²) in [7, 11) is 0. The van der Waals surface area contributed by atoms with E-state index in [1.54, 1.807) is 17.2 Å². The molecule has 6 nitrogen and oxygen atoms in total. The van der Waals surface area contributed by atoms with E-state index in [1.807, 2.05) is 30.3 Å². The van der Waals surface area contributed by atoms with Crippen molar-refractivity contribution in [1.82, 2.24) is 9.97 Å². The molecule has 5 rings (SSSR count). The van der Waals surface area contributed by atoms with Gasteiger partial charge in [-0.1, -0.05) is 18.2 Å². The maximum atomic E-state index is 13.0. The molecule has 0 spiro atoms. The number of benzene rings is 2. The topological polar surface area (TPSA) is 61.4 Å². The lowest BCUT2D eigenvalue weighted by Crippen LogP contribution is -2.29. The monoisotopic (exact) mass is 399 g/mol. The minimum Gasteiger partial charge on any atom is -0.372 e. The molecule has 3 aromatic rings. The van der Waals surface area contributed by atoms with Crippen molar-refractivity contribution in [2.75, 3.05) is 34.8 Å². The molecule has 0 radical (unpaired) electrons. The van der Waals surface area contributed by atoms with Gasteiger partial charge in [0.25, 0.3) is 5.91 Å². The van der Waals surface area contributed by atoms with Crippen molar-refractivity contribution in [1.29, 1.82) is 0 Å². The van der Waals surface area contributed by atoms with Crippen LogP contribution < -0.4 is 15.1 Å². The summed E-state index contributed by atoms with van der Waals surface area (Å²) in [5.74, 6) is 0.338. The molecular formula is C24H25N5O. The van der Waals surface area contributed by atoms with E-state index in [4.69, 9.17) is 0 Å². The van der Waals surface area contributed by atoms with E-state index in [0.29, 0.717) is 18.2 Å². The van der Waals surface area contributed by atoms with Gasteiger partial charge in [0.1, 0.15) is 5.69 Å². The number of fused-ring (bicyclic) bond motifs is 1. The van der Waals surface area contributed by atoms with Crippen LogP contribution in [0.4, 0.5) is 23.0 Å². The van der Waals surface area contributed by atoms with Gasteiger partial charge >= 0.3 is 0 Å². The molecule has 2 aliphatic heterocycles.